The van der Waals surface area contributed by atoms with Gasteiger partial charge < -0.3 is 58.0 Å². The van der Waals surface area contributed by atoms with Gasteiger partial charge in [-0.05, 0) is 97.8 Å². The molecule has 9 aliphatic heterocycles. The van der Waals surface area contributed by atoms with Crippen LogP contribution in [0, 0.1) is 17.8 Å². The van der Waals surface area contributed by atoms with Crippen LogP contribution in [-0.2, 0) is 52.2 Å². The highest BCUT2D eigenvalue weighted by Gasteiger charge is 2.65. The van der Waals surface area contributed by atoms with Gasteiger partial charge in [0.15, 0.2) is 17.4 Å². The molecule has 0 aromatic heterocycles. The first-order chi connectivity index (χ1) is 28.7. The first kappa shape index (κ1) is 44.4. The maximum atomic E-state index is 14.1. The van der Waals surface area contributed by atoms with Crippen LogP contribution in [0.4, 0.5) is 0 Å². The van der Waals surface area contributed by atoms with Crippen LogP contribution in [0.5, 0.6) is 0 Å². The number of esters is 1. The second-order valence-corrected chi connectivity index (χ2v) is 21.3. The van der Waals surface area contributed by atoms with Crippen LogP contribution in [0.15, 0.2) is 23.8 Å². The minimum atomic E-state index is -1.95. The maximum absolute atomic E-state index is 14.1. The summed E-state index contributed by atoms with van der Waals surface area (Å²) in [6.45, 7) is 14.1. The molecule has 0 aromatic carbocycles. The third kappa shape index (κ3) is 8.14. The van der Waals surface area contributed by atoms with Crippen molar-refractivity contribution in [2.75, 3.05) is 6.61 Å². The summed E-state index contributed by atoms with van der Waals surface area (Å²) in [7, 11) is 0. The number of aliphatic hydroxyl groups excluding tert-OH is 2. The summed E-state index contributed by atoms with van der Waals surface area (Å²) in [5.74, 6) is -5.28. The van der Waals surface area contributed by atoms with Crippen LogP contribution in [0.25, 0.3) is 0 Å². The summed E-state index contributed by atoms with van der Waals surface area (Å²) in [5.41, 5.74) is -1.17. The van der Waals surface area contributed by atoms with Crippen molar-refractivity contribution in [3.8, 4) is 0 Å². The molecule has 8 saturated heterocycles. The lowest BCUT2D eigenvalue weighted by Gasteiger charge is -2.47. The van der Waals surface area contributed by atoms with E-state index in [-0.39, 0.29) is 43.2 Å². The van der Waals surface area contributed by atoms with Gasteiger partial charge in [0.1, 0.15) is 48.3 Å². The first-order valence-corrected chi connectivity index (χ1v) is 23.3. The SMILES string of the molecule is CC1=C\[C@H](C)C[C@@]2(C)CC[C@@H](O2)[C@@]23CC[C@@](C)(C[C@@H](O2)[C@H]2O[C@](C)(CC2=O)[C@@H](O)[C@@H]2CC[C@]4(CCC[C@H](O4)[C@@H](C)C(=O)O[C@@H]4CC([C@@]5(O)OCC[C@@H](C)[C@@H]5O)O[C@@H]4/C=C\1)O2)O3. The highest BCUT2D eigenvalue weighted by molar-refractivity contribution is 5.86. The lowest BCUT2D eigenvalue weighted by Crippen LogP contribution is -2.59. The Hall–Kier alpha value is -1.82. The average Bonchev–Trinajstić information content (AvgIpc) is 4.02. The van der Waals surface area contributed by atoms with Crippen LogP contribution in [0.3, 0.4) is 0 Å². The molecule has 0 aromatic rings. The van der Waals surface area contributed by atoms with Gasteiger partial charge in [-0.1, -0.05) is 37.6 Å². The highest BCUT2D eigenvalue weighted by Crippen LogP contribution is 2.55. The largest absolute Gasteiger partial charge is 0.459 e. The van der Waals surface area contributed by atoms with Crippen molar-refractivity contribution >= 4 is 11.8 Å². The zero-order valence-electron chi connectivity index (χ0n) is 37.2. The summed E-state index contributed by atoms with van der Waals surface area (Å²) in [4.78, 5) is 28.0. The molecule has 342 valence electrons. The van der Waals surface area contributed by atoms with E-state index in [2.05, 4.69) is 26.8 Å². The number of aliphatic hydroxyl groups is 3. The van der Waals surface area contributed by atoms with Crippen molar-refractivity contribution in [3.63, 3.8) is 0 Å². The monoisotopic (exact) mass is 858 g/mol. The average molecular weight is 859 g/mol. The van der Waals surface area contributed by atoms with Gasteiger partial charge in [0.2, 0.25) is 5.79 Å². The molecule has 14 heteroatoms. The highest BCUT2D eigenvalue weighted by atomic mass is 16.8. The van der Waals surface area contributed by atoms with Gasteiger partial charge in [0.25, 0.3) is 0 Å². The molecule has 8 fully saturated rings. The van der Waals surface area contributed by atoms with Crippen LogP contribution in [-0.4, -0.2) is 129 Å². The Kier molecular flexibility index (Phi) is 11.6. The van der Waals surface area contributed by atoms with E-state index in [0.717, 1.165) is 37.7 Å². The zero-order chi connectivity index (χ0) is 43.3. The zero-order valence-corrected chi connectivity index (χ0v) is 37.2. The normalized spacial score (nSPS) is 55.7. The predicted molar refractivity (Wildman–Crippen MR) is 218 cm³/mol. The van der Waals surface area contributed by atoms with Gasteiger partial charge in [-0.25, -0.2) is 0 Å². The van der Waals surface area contributed by atoms with E-state index in [4.69, 9.17) is 42.6 Å². The minimum Gasteiger partial charge on any atom is -0.459 e. The number of ether oxygens (including phenoxy) is 9. The molecule has 9 aliphatic rings. The number of hydrogen-bond donors (Lipinski definition) is 3. The molecule has 1 unspecified atom stereocenters. The Balaban J connectivity index is 1.00. The van der Waals surface area contributed by atoms with Crippen LogP contribution in [0.1, 0.15) is 138 Å². The molecule has 2 spiro atoms. The lowest BCUT2D eigenvalue weighted by molar-refractivity contribution is -0.359. The van der Waals surface area contributed by atoms with Gasteiger partial charge in [-0.3, -0.25) is 9.59 Å². The summed E-state index contributed by atoms with van der Waals surface area (Å²) in [5, 5.41) is 34.8. The lowest BCUT2D eigenvalue weighted by atomic mass is 9.87. The Labute approximate surface area is 360 Å². The van der Waals surface area contributed by atoms with E-state index < -0.39 is 101 Å². The summed E-state index contributed by atoms with van der Waals surface area (Å²) in [6.07, 6.45) is 6.36. The van der Waals surface area contributed by atoms with Crippen LogP contribution in [0.2, 0.25) is 0 Å². The predicted octanol–water partition coefficient (Wildman–Crippen LogP) is 5.25. The van der Waals surface area contributed by atoms with Crippen molar-refractivity contribution in [1.29, 1.82) is 0 Å². The van der Waals surface area contributed by atoms with E-state index in [0.29, 0.717) is 44.9 Å². The summed E-state index contributed by atoms with van der Waals surface area (Å²) >= 11 is 0. The number of rotatable bonds is 1. The molecule has 3 N–H and O–H groups in total. The van der Waals surface area contributed by atoms with Crippen LogP contribution < -0.4 is 0 Å². The molecule has 9 heterocycles. The van der Waals surface area contributed by atoms with E-state index in [1.54, 1.807) is 13.8 Å². The van der Waals surface area contributed by atoms with Gasteiger partial charge in [0.05, 0.1) is 42.0 Å². The maximum Gasteiger partial charge on any atom is 0.311 e. The number of carbonyl (C=O) groups excluding carboxylic acids is 2. The molecule has 14 nitrogen and oxygen atoms in total. The number of ketones is 1. The molecule has 19 atom stereocenters. The van der Waals surface area contributed by atoms with Gasteiger partial charge in [-0.15, -0.1) is 0 Å². The molecule has 9 rings (SSSR count). The molecular weight excluding hydrogens is 789 g/mol. The second-order valence-electron chi connectivity index (χ2n) is 21.3. The van der Waals surface area contributed by atoms with Gasteiger partial charge >= 0.3 is 5.97 Å². The molecule has 0 amide bonds. The fourth-order valence-electron chi connectivity index (χ4n) is 12.5. The Morgan fingerprint density at radius 3 is 2.34 bits per heavy atom. The van der Waals surface area contributed by atoms with Crippen molar-refractivity contribution in [1.82, 2.24) is 0 Å². The third-order valence-corrected chi connectivity index (χ3v) is 15.9. The fraction of sp³-hybridized carbons (Fsp3) is 0.872. The van der Waals surface area contributed by atoms with E-state index in [1.165, 1.54) is 0 Å². The van der Waals surface area contributed by atoms with Crippen molar-refractivity contribution in [2.24, 2.45) is 17.8 Å². The molecule has 0 radical (unpaired) electrons. The molecule has 10 bridgehead atoms. The van der Waals surface area contributed by atoms with E-state index >= 15 is 0 Å². The van der Waals surface area contributed by atoms with Crippen molar-refractivity contribution in [3.05, 3.63) is 23.8 Å². The topological polar surface area (TPSA) is 178 Å². The third-order valence-electron chi connectivity index (χ3n) is 15.9. The summed E-state index contributed by atoms with van der Waals surface area (Å²) in [6, 6.07) is 0. The Morgan fingerprint density at radius 1 is 0.754 bits per heavy atom. The minimum absolute atomic E-state index is 0.0222. The molecular formula is C47H70O14. The van der Waals surface area contributed by atoms with Crippen molar-refractivity contribution in [2.45, 2.75) is 234 Å². The number of hydrogen-bond acceptors (Lipinski definition) is 14. The molecule has 0 saturated carbocycles. The molecule has 61 heavy (non-hydrogen) atoms. The summed E-state index contributed by atoms with van der Waals surface area (Å²) < 4.78 is 59.0. The van der Waals surface area contributed by atoms with Gasteiger partial charge in [0, 0.05) is 38.5 Å². The number of allylic oxidation sites excluding steroid dienone is 3. The van der Waals surface area contributed by atoms with E-state index in [1.807, 2.05) is 26.0 Å². The number of Topliss-reactive ketones (excluding diaryl/α,β-unsaturated/α-hetero) is 1. The van der Waals surface area contributed by atoms with Crippen molar-refractivity contribution < 1.29 is 67.5 Å². The Bertz CT molecular complexity index is 1750. The number of fused-ring (bicyclic) bond motifs is 10. The first-order valence-electron chi connectivity index (χ1n) is 23.3. The fourth-order valence-corrected chi connectivity index (χ4v) is 12.5. The Morgan fingerprint density at radius 2 is 1.54 bits per heavy atom. The smallest absolute Gasteiger partial charge is 0.311 e. The van der Waals surface area contributed by atoms with Crippen LogP contribution >= 0.6 is 0 Å². The quantitative estimate of drug-likeness (QED) is 0.291. The molecule has 0 aliphatic carbocycles. The standard InChI is InChI=1S/C47H70O14/c1-26-10-11-32-34(22-37(54-32)47(52)39(49)28(3)14-20-53-47)55-41(51)29(4)31-9-8-15-45(56-31)17-12-33(57-45)40(50)44(7)24-30(48)38(60-44)35-25-43(6)18-19-46(58-35,61-43)36-13-16-42(5,59-36)23-27(2)21-26/h10-11,21,27-29,31-40,49-50,52H,8-9,12-20,22-25H2,1-7H3/b11-10-,26-21+/t27-,28+,29+,31-,32+,33-,34+,35+,36+,37?,38-,39-,40-,42+,43-,44+,45-,46-,47+/m0/s1. The van der Waals surface area contributed by atoms with Gasteiger partial charge in [-0.2, -0.15) is 0 Å². The van der Waals surface area contributed by atoms with E-state index in [9.17, 15) is 24.9 Å². The second kappa shape index (κ2) is 16.0. The number of carbonyl (C=O) groups is 2.